The lowest BCUT2D eigenvalue weighted by molar-refractivity contribution is -0.110. The molecule has 0 spiro atoms. The number of amides is 1. The Hall–Kier alpha value is -2.66. The number of hydrogen-bond donors (Lipinski definition) is 1. The highest BCUT2D eigenvalue weighted by Crippen LogP contribution is 2.48. The van der Waals surface area contributed by atoms with Crippen LogP contribution in [-0.2, 0) is 21.6 Å². The fourth-order valence-corrected chi connectivity index (χ4v) is 4.41. The minimum atomic E-state index is -0.553. The van der Waals surface area contributed by atoms with E-state index in [1.807, 2.05) is 19.9 Å². The van der Waals surface area contributed by atoms with Gasteiger partial charge in [-0.05, 0) is 70.1 Å². The maximum atomic E-state index is 13.9. The third-order valence-corrected chi connectivity index (χ3v) is 6.12. The molecule has 0 saturated carbocycles. The number of hydrogen-bond acceptors (Lipinski definition) is 3. The third kappa shape index (κ3) is 3.63. The van der Waals surface area contributed by atoms with Crippen molar-refractivity contribution in [3.05, 3.63) is 64.5 Å². The van der Waals surface area contributed by atoms with E-state index < -0.39 is 5.60 Å². The average molecular weight is 409 g/mol. The number of fused-ring (bicyclic) bond motifs is 2. The van der Waals surface area contributed by atoms with Crippen molar-refractivity contribution in [2.45, 2.75) is 46.1 Å². The Kier molecular flexibility index (Phi) is 5.41. The molecular formula is C25H29FN2O2. The number of nitrogens with one attached hydrogen (secondary N) is 1. The quantitative estimate of drug-likeness (QED) is 0.669. The number of anilines is 1. The first-order valence-electron chi connectivity index (χ1n) is 10.7. The highest BCUT2D eigenvalue weighted by Gasteiger charge is 2.40. The Morgan fingerprint density at radius 2 is 1.83 bits per heavy atom. The Labute approximate surface area is 177 Å². The molecule has 158 valence electrons. The van der Waals surface area contributed by atoms with E-state index in [1.165, 1.54) is 17.7 Å². The zero-order valence-electron chi connectivity index (χ0n) is 18.1. The lowest BCUT2D eigenvalue weighted by atomic mass is 9.91. The fraction of sp³-hybridized carbons (Fsp3) is 0.400. The van der Waals surface area contributed by atoms with Crippen LogP contribution in [0, 0.1) is 5.82 Å². The monoisotopic (exact) mass is 408 g/mol. The smallest absolute Gasteiger partial charge is 0.260 e. The van der Waals surface area contributed by atoms with Gasteiger partial charge >= 0.3 is 0 Å². The standard InChI is InChI=1S/C25H29FN2O2/c1-5-28(6-2)13-7-8-16-9-11-18-20(14-16)25(3,4)30-23(18)22-19-15-17(26)10-12-21(19)27-24(22)29/h9-12,14-15H,5-8,13H2,1-4H3,(H,27,29)/b23-22-. The van der Waals surface area contributed by atoms with Gasteiger partial charge in [0, 0.05) is 22.4 Å². The molecule has 1 amide bonds. The minimum Gasteiger partial charge on any atom is -0.482 e. The van der Waals surface area contributed by atoms with Gasteiger partial charge in [0.2, 0.25) is 0 Å². The van der Waals surface area contributed by atoms with Crippen LogP contribution in [0.2, 0.25) is 0 Å². The molecule has 30 heavy (non-hydrogen) atoms. The molecule has 5 heteroatoms. The molecule has 0 atom stereocenters. The molecule has 2 aliphatic heterocycles. The first kappa shape index (κ1) is 20.6. The van der Waals surface area contributed by atoms with Crippen LogP contribution in [0.25, 0.3) is 11.3 Å². The molecule has 0 radical (unpaired) electrons. The fourth-order valence-electron chi connectivity index (χ4n) is 4.41. The number of carbonyl (C=O) groups is 1. The Morgan fingerprint density at radius 1 is 1.07 bits per heavy atom. The Bertz CT molecular complexity index is 1020. The van der Waals surface area contributed by atoms with Crippen molar-refractivity contribution in [3.8, 4) is 0 Å². The molecule has 2 aliphatic rings. The zero-order valence-corrected chi connectivity index (χ0v) is 18.1. The molecule has 0 saturated heterocycles. The zero-order chi connectivity index (χ0) is 21.5. The average Bonchev–Trinajstić information content (AvgIpc) is 3.17. The van der Waals surface area contributed by atoms with Crippen LogP contribution in [0.3, 0.4) is 0 Å². The van der Waals surface area contributed by atoms with E-state index in [1.54, 1.807) is 6.07 Å². The lowest BCUT2D eigenvalue weighted by Crippen LogP contribution is -2.24. The van der Waals surface area contributed by atoms with Crippen molar-refractivity contribution in [1.82, 2.24) is 4.90 Å². The van der Waals surface area contributed by atoms with Gasteiger partial charge in [0.15, 0.2) is 0 Å². The molecule has 2 aromatic rings. The molecule has 4 rings (SSSR count). The van der Waals surface area contributed by atoms with Gasteiger partial charge in [0.05, 0.1) is 5.57 Å². The normalized spacial score (nSPS) is 18.9. The van der Waals surface area contributed by atoms with Gasteiger partial charge in [0.25, 0.3) is 5.91 Å². The summed E-state index contributed by atoms with van der Waals surface area (Å²) in [5, 5.41) is 2.82. The van der Waals surface area contributed by atoms with Crippen molar-refractivity contribution in [1.29, 1.82) is 0 Å². The highest BCUT2D eigenvalue weighted by molar-refractivity contribution is 6.36. The van der Waals surface area contributed by atoms with Gasteiger partial charge < -0.3 is 15.0 Å². The van der Waals surface area contributed by atoms with E-state index in [0.29, 0.717) is 22.6 Å². The topological polar surface area (TPSA) is 41.6 Å². The van der Waals surface area contributed by atoms with E-state index in [9.17, 15) is 9.18 Å². The summed E-state index contributed by atoms with van der Waals surface area (Å²) in [7, 11) is 0. The first-order valence-corrected chi connectivity index (χ1v) is 10.7. The molecule has 2 heterocycles. The molecule has 4 nitrogen and oxygen atoms in total. The summed E-state index contributed by atoms with van der Waals surface area (Å²) in [6.45, 7) is 11.6. The number of halogens is 1. The summed E-state index contributed by atoms with van der Waals surface area (Å²) in [5.41, 5.74) is 4.28. The molecule has 0 aliphatic carbocycles. The van der Waals surface area contributed by atoms with E-state index >= 15 is 0 Å². The lowest BCUT2D eigenvalue weighted by Gasteiger charge is -2.20. The van der Waals surface area contributed by atoms with Crippen LogP contribution >= 0.6 is 0 Å². The number of aryl methyl sites for hydroxylation is 1. The maximum absolute atomic E-state index is 13.9. The van der Waals surface area contributed by atoms with Gasteiger partial charge in [-0.2, -0.15) is 0 Å². The predicted octanol–water partition coefficient (Wildman–Crippen LogP) is 5.19. The second-order valence-electron chi connectivity index (χ2n) is 8.47. The molecule has 0 aromatic heterocycles. The highest BCUT2D eigenvalue weighted by atomic mass is 19.1. The van der Waals surface area contributed by atoms with Crippen LogP contribution in [0.5, 0.6) is 0 Å². The molecule has 0 bridgehead atoms. The summed E-state index contributed by atoms with van der Waals surface area (Å²) in [6, 6.07) is 10.7. The molecular weight excluding hydrogens is 379 g/mol. The number of nitrogens with zero attached hydrogens (tertiary/aromatic N) is 1. The summed E-state index contributed by atoms with van der Waals surface area (Å²) in [6.07, 6.45) is 2.10. The Balaban J connectivity index is 1.68. The number of ether oxygens (including phenoxy) is 1. The number of benzene rings is 2. The van der Waals surface area contributed by atoms with E-state index in [-0.39, 0.29) is 11.7 Å². The van der Waals surface area contributed by atoms with E-state index in [4.69, 9.17) is 4.74 Å². The minimum absolute atomic E-state index is 0.252. The molecule has 1 N–H and O–H groups in total. The van der Waals surface area contributed by atoms with Crippen LogP contribution in [0.1, 0.15) is 56.4 Å². The predicted molar refractivity (Wildman–Crippen MR) is 119 cm³/mol. The van der Waals surface area contributed by atoms with Gasteiger partial charge in [-0.3, -0.25) is 4.79 Å². The van der Waals surface area contributed by atoms with Crippen molar-refractivity contribution >= 4 is 22.9 Å². The summed E-state index contributed by atoms with van der Waals surface area (Å²) in [4.78, 5) is 15.1. The van der Waals surface area contributed by atoms with Crippen LogP contribution in [0.4, 0.5) is 10.1 Å². The van der Waals surface area contributed by atoms with Crippen molar-refractivity contribution < 1.29 is 13.9 Å². The SMILES string of the molecule is CCN(CC)CCCc1ccc2c(c1)C(C)(C)O/C2=C1\C(=O)Nc2ccc(F)cc21. The number of carbonyl (C=O) groups excluding carboxylic acids is 1. The molecule has 0 fully saturated rings. The van der Waals surface area contributed by atoms with Gasteiger partial charge in [0.1, 0.15) is 17.2 Å². The van der Waals surface area contributed by atoms with Gasteiger partial charge in [-0.25, -0.2) is 4.39 Å². The second-order valence-corrected chi connectivity index (χ2v) is 8.47. The maximum Gasteiger partial charge on any atom is 0.260 e. The summed E-state index contributed by atoms with van der Waals surface area (Å²) in [5.74, 6) is -0.0894. The Morgan fingerprint density at radius 3 is 2.57 bits per heavy atom. The third-order valence-electron chi connectivity index (χ3n) is 6.12. The van der Waals surface area contributed by atoms with Gasteiger partial charge in [-0.1, -0.05) is 32.0 Å². The van der Waals surface area contributed by atoms with E-state index in [0.717, 1.165) is 43.6 Å². The summed E-state index contributed by atoms with van der Waals surface area (Å²) < 4.78 is 20.2. The van der Waals surface area contributed by atoms with Crippen molar-refractivity contribution in [2.75, 3.05) is 25.0 Å². The first-order chi connectivity index (χ1) is 14.3. The van der Waals surface area contributed by atoms with E-state index in [2.05, 4.69) is 36.2 Å². The van der Waals surface area contributed by atoms with Crippen LogP contribution in [0.15, 0.2) is 36.4 Å². The van der Waals surface area contributed by atoms with Crippen molar-refractivity contribution in [3.63, 3.8) is 0 Å². The van der Waals surface area contributed by atoms with Crippen molar-refractivity contribution in [2.24, 2.45) is 0 Å². The van der Waals surface area contributed by atoms with Crippen LogP contribution < -0.4 is 5.32 Å². The summed E-state index contributed by atoms with van der Waals surface area (Å²) >= 11 is 0. The van der Waals surface area contributed by atoms with Crippen LogP contribution in [-0.4, -0.2) is 30.4 Å². The largest absolute Gasteiger partial charge is 0.482 e. The molecule has 2 aromatic carbocycles. The van der Waals surface area contributed by atoms with Gasteiger partial charge in [-0.15, -0.1) is 0 Å². The second kappa shape index (κ2) is 7.88. The molecule has 0 unspecified atom stereocenters. The number of rotatable bonds is 6.